The van der Waals surface area contributed by atoms with Crippen LogP contribution in [0.1, 0.15) is 39.0 Å². The van der Waals surface area contributed by atoms with Gasteiger partial charge in [-0.1, -0.05) is 6.92 Å². The number of aromatic nitrogens is 1. The molecule has 22 heavy (non-hydrogen) atoms. The second-order valence-corrected chi connectivity index (χ2v) is 5.81. The first-order valence-corrected chi connectivity index (χ1v) is 7.57. The van der Waals surface area contributed by atoms with E-state index >= 15 is 0 Å². The largest absolute Gasteiger partial charge is 0.441 e. The summed E-state index contributed by atoms with van der Waals surface area (Å²) in [6.45, 7) is 4.86. The number of carbonyl (C=O) groups excluding carboxylic acids is 1. The van der Waals surface area contributed by atoms with Crippen molar-refractivity contribution < 1.29 is 9.21 Å². The van der Waals surface area contributed by atoms with Crippen LogP contribution >= 0.6 is 12.4 Å². The van der Waals surface area contributed by atoms with Crippen LogP contribution < -0.4 is 10.6 Å². The molecular weight excluding hydrogens is 302 g/mol. The van der Waals surface area contributed by atoms with E-state index in [0.29, 0.717) is 0 Å². The zero-order valence-corrected chi connectivity index (χ0v) is 13.8. The van der Waals surface area contributed by atoms with Crippen LogP contribution in [0.2, 0.25) is 0 Å². The van der Waals surface area contributed by atoms with E-state index in [1.165, 1.54) is 0 Å². The van der Waals surface area contributed by atoms with Crippen molar-refractivity contribution in [1.29, 1.82) is 0 Å². The molecule has 1 fully saturated rings. The maximum absolute atomic E-state index is 12.5. The van der Waals surface area contributed by atoms with Crippen LogP contribution in [0.3, 0.4) is 0 Å². The first-order chi connectivity index (χ1) is 10.1. The zero-order valence-electron chi connectivity index (χ0n) is 12.9. The van der Waals surface area contributed by atoms with Gasteiger partial charge in [0.1, 0.15) is 5.52 Å². The number of nitrogens with zero attached hydrogens (tertiary/aromatic N) is 1. The predicted molar refractivity (Wildman–Crippen MR) is 89.5 cm³/mol. The monoisotopic (exact) mass is 323 g/mol. The Balaban J connectivity index is 0.00000176. The zero-order chi connectivity index (χ0) is 14.9. The lowest BCUT2D eigenvalue weighted by molar-refractivity contribution is -0.122. The van der Waals surface area contributed by atoms with Crippen LogP contribution in [0.15, 0.2) is 22.6 Å². The Morgan fingerprint density at radius 3 is 2.95 bits per heavy atom. The molecule has 2 heterocycles. The Hall–Kier alpha value is -1.59. The van der Waals surface area contributed by atoms with Crippen LogP contribution in [0.5, 0.6) is 0 Å². The molecule has 1 aliphatic rings. The van der Waals surface area contributed by atoms with Crippen molar-refractivity contribution in [2.45, 2.75) is 45.1 Å². The van der Waals surface area contributed by atoms with E-state index in [1.807, 2.05) is 32.0 Å². The van der Waals surface area contributed by atoms with Crippen LogP contribution in [0.25, 0.3) is 11.1 Å². The number of anilines is 1. The second-order valence-electron chi connectivity index (χ2n) is 5.81. The molecule has 1 aliphatic heterocycles. The first kappa shape index (κ1) is 16.8. The Bertz CT molecular complexity index is 662. The molecule has 2 N–H and O–H groups in total. The topological polar surface area (TPSA) is 67.2 Å². The van der Waals surface area contributed by atoms with E-state index in [0.717, 1.165) is 54.9 Å². The van der Waals surface area contributed by atoms with E-state index < -0.39 is 5.54 Å². The van der Waals surface area contributed by atoms with E-state index in [2.05, 4.69) is 15.6 Å². The van der Waals surface area contributed by atoms with Gasteiger partial charge in [0, 0.05) is 12.1 Å². The number of benzene rings is 1. The molecule has 0 radical (unpaired) electrons. The maximum atomic E-state index is 12.5. The SMILES string of the molecule is CCc1nc2cc(NC(=O)C3(C)CCCCN3)ccc2o1.Cl. The predicted octanol–water partition coefficient (Wildman–Crippen LogP) is 3.28. The first-order valence-electron chi connectivity index (χ1n) is 7.57. The minimum absolute atomic E-state index is 0. The highest BCUT2D eigenvalue weighted by molar-refractivity contribution is 5.99. The summed E-state index contributed by atoms with van der Waals surface area (Å²) < 4.78 is 5.58. The van der Waals surface area contributed by atoms with Crippen molar-refractivity contribution in [3.05, 3.63) is 24.1 Å². The van der Waals surface area contributed by atoms with Gasteiger partial charge in [-0.2, -0.15) is 0 Å². The number of fused-ring (bicyclic) bond motifs is 1. The molecule has 0 bridgehead atoms. The molecule has 2 aromatic rings. The summed E-state index contributed by atoms with van der Waals surface area (Å²) in [6, 6.07) is 5.58. The summed E-state index contributed by atoms with van der Waals surface area (Å²) in [4.78, 5) is 16.9. The molecular formula is C16H22ClN3O2. The lowest BCUT2D eigenvalue weighted by Crippen LogP contribution is -2.54. The number of oxazole rings is 1. The highest BCUT2D eigenvalue weighted by atomic mass is 35.5. The van der Waals surface area contributed by atoms with Gasteiger partial charge in [-0.3, -0.25) is 4.79 Å². The Kier molecular flexibility index (Phi) is 5.08. The third kappa shape index (κ3) is 3.25. The molecule has 0 saturated carbocycles. The molecule has 0 aliphatic carbocycles. The van der Waals surface area contributed by atoms with E-state index in [-0.39, 0.29) is 18.3 Å². The van der Waals surface area contributed by atoms with Crippen molar-refractivity contribution in [2.75, 3.05) is 11.9 Å². The van der Waals surface area contributed by atoms with Crippen molar-refractivity contribution >= 4 is 35.1 Å². The van der Waals surface area contributed by atoms with Gasteiger partial charge in [-0.05, 0) is 50.9 Å². The Labute approximate surface area is 136 Å². The van der Waals surface area contributed by atoms with Crippen molar-refractivity contribution in [3.63, 3.8) is 0 Å². The number of carbonyl (C=O) groups is 1. The lowest BCUT2D eigenvalue weighted by Gasteiger charge is -2.33. The summed E-state index contributed by atoms with van der Waals surface area (Å²) in [5.74, 6) is 0.732. The molecule has 1 amide bonds. The lowest BCUT2D eigenvalue weighted by atomic mass is 9.90. The number of nitrogens with one attached hydrogen (secondary N) is 2. The van der Waals surface area contributed by atoms with Crippen LogP contribution in [0.4, 0.5) is 5.69 Å². The molecule has 0 spiro atoms. The van der Waals surface area contributed by atoms with Crippen molar-refractivity contribution in [3.8, 4) is 0 Å². The number of amides is 1. The molecule has 1 aromatic heterocycles. The summed E-state index contributed by atoms with van der Waals surface area (Å²) in [6.07, 6.45) is 3.84. The van der Waals surface area contributed by atoms with Gasteiger partial charge in [0.05, 0.1) is 5.54 Å². The number of hydrogen-bond acceptors (Lipinski definition) is 4. The van der Waals surface area contributed by atoms with E-state index in [1.54, 1.807) is 0 Å². The highest BCUT2D eigenvalue weighted by Gasteiger charge is 2.34. The molecule has 5 nitrogen and oxygen atoms in total. The van der Waals surface area contributed by atoms with Gasteiger partial charge in [0.15, 0.2) is 11.5 Å². The standard InChI is InChI=1S/C16H21N3O2.ClH/c1-3-14-19-12-10-11(6-7-13(12)21-14)18-15(20)16(2)8-4-5-9-17-16;/h6-7,10,17H,3-5,8-9H2,1-2H3,(H,18,20);1H. The van der Waals surface area contributed by atoms with E-state index in [9.17, 15) is 4.79 Å². The summed E-state index contributed by atoms with van der Waals surface area (Å²) in [5.41, 5.74) is 1.82. The quantitative estimate of drug-likeness (QED) is 0.909. The molecule has 120 valence electrons. The summed E-state index contributed by atoms with van der Waals surface area (Å²) in [7, 11) is 0. The van der Waals surface area contributed by atoms with Gasteiger partial charge >= 0.3 is 0 Å². The minimum atomic E-state index is -0.481. The Morgan fingerprint density at radius 2 is 2.27 bits per heavy atom. The van der Waals surface area contributed by atoms with Gasteiger partial charge in [0.2, 0.25) is 5.91 Å². The number of halogens is 1. The summed E-state index contributed by atoms with van der Waals surface area (Å²) in [5, 5.41) is 6.31. The van der Waals surface area contributed by atoms with Crippen LogP contribution in [0, 0.1) is 0 Å². The fourth-order valence-electron chi connectivity index (χ4n) is 2.72. The normalized spacial score (nSPS) is 21.4. The number of hydrogen-bond donors (Lipinski definition) is 2. The van der Waals surface area contributed by atoms with Gasteiger partial charge < -0.3 is 15.1 Å². The second kappa shape index (κ2) is 6.67. The Morgan fingerprint density at radius 1 is 1.45 bits per heavy atom. The fourth-order valence-corrected chi connectivity index (χ4v) is 2.72. The fraction of sp³-hybridized carbons (Fsp3) is 0.500. The molecule has 1 saturated heterocycles. The van der Waals surface area contributed by atoms with Gasteiger partial charge in [0.25, 0.3) is 0 Å². The van der Waals surface area contributed by atoms with Crippen LogP contribution in [-0.2, 0) is 11.2 Å². The average molecular weight is 324 g/mol. The third-order valence-corrected chi connectivity index (χ3v) is 4.11. The number of aryl methyl sites for hydroxylation is 1. The van der Waals surface area contributed by atoms with Crippen LogP contribution in [-0.4, -0.2) is 23.0 Å². The third-order valence-electron chi connectivity index (χ3n) is 4.11. The highest BCUT2D eigenvalue weighted by Crippen LogP contribution is 2.23. The molecule has 1 atom stereocenters. The molecule has 1 aromatic carbocycles. The molecule has 1 unspecified atom stereocenters. The minimum Gasteiger partial charge on any atom is -0.441 e. The molecule has 6 heteroatoms. The van der Waals surface area contributed by atoms with Crippen molar-refractivity contribution in [2.24, 2.45) is 0 Å². The van der Waals surface area contributed by atoms with Gasteiger partial charge in [-0.15, -0.1) is 12.4 Å². The van der Waals surface area contributed by atoms with Crippen molar-refractivity contribution in [1.82, 2.24) is 10.3 Å². The summed E-state index contributed by atoms with van der Waals surface area (Å²) >= 11 is 0. The molecule has 3 rings (SSSR count). The van der Waals surface area contributed by atoms with E-state index in [4.69, 9.17) is 4.42 Å². The average Bonchev–Trinajstić information content (AvgIpc) is 2.90. The maximum Gasteiger partial charge on any atom is 0.244 e. The number of rotatable bonds is 3. The van der Waals surface area contributed by atoms with Gasteiger partial charge in [-0.25, -0.2) is 4.98 Å². The smallest absolute Gasteiger partial charge is 0.244 e. The number of piperidine rings is 1.